The lowest BCUT2D eigenvalue weighted by Crippen LogP contribution is -2.48. The van der Waals surface area contributed by atoms with Gasteiger partial charge in [-0.1, -0.05) is 44.2 Å². The number of aromatic nitrogens is 2. The predicted octanol–water partition coefficient (Wildman–Crippen LogP) is 4.98. The molecule has 0 radical (unpaired) electrons. The number of pyridine rings is 2. The van der Waals surface area contributed by atoms with E-state index in [1.165, 1.54) is 23.1 Å². The minimum atomic E-state index is 0.456. The highest BCUT2D eigenvalue weighted by Crippen LogP contribution is 2.61. The van der Waals surface area contributed by atoms with Gasteiger partial charge in [-0.15, -0.1) is 0 Å². The van der Waals surface area contributed by atoms with Crippen molar-refractivity contribution in [2.75, 3.05) is 0 Å². The highest BCUT2D eigenvalue weighted by molar-refractivity contribution is 5.81. The molecule has 3 aliphatic carbocycles. The van der Waals surface area contributed by atoms with Crippen LogP contribution in [0.25, 0.3) is 22.3 Å². The molecule has 2 bridgehead atoms. The van der Waals surface area contributed by atoms with E-state index in [9.17, 15) is 0 Å². The molecule has 0 saturated heterocycles. The van der Waals surface area contributed by atoms with Crippen LogP contribution in [-0.4, -0.2) is 9.97 Å². The molecule has 3 aliphatic rings. The van der Waals surface area contributed by atoms with Crippen molar-refractivity contribution in [1.82, 2.24) is 9.97 Å². The zero-order valence-electron chi connectivity index (χ0n) is 13.6. The van der Waals surface area contributed by atoms with Gasteiger partial charge in [-0.25, -0.2) is 4.98 Å². The summed E-state index contributed by atoms with van der Waals surface area (Å²) in [6.45, 7) is 4.82. The van der Waals surface area contributed by atoms with Gasteiger partial charge in [0.05, 0.1) is 16.9 Å². The number of fused-ring (bicyclic) bond motifs is 1. The molecule has 1 saturated carbocycles. The summed E-state index contributed by atoms with van der Waals surface area (Å²) in [6.07, 6.45) is 2.47. The van der Waals surface area contributed by atoms with Gasteiger partial charge >= 0.3 is 0 Å². The molecule has 2 heterocycles. The topological polar surface area (TPSA) is 25.8 Å². The molecule has 0 unspecified atom stereocenters. The number of benzene rings is 1. The Morgan fingerprint density at radius 3 is 2.57 bits per heavy atom. The fourth-order valence-electron chi connectivity index (χ4n) is 4.47. The molecule has 0 spiro atoms. The van der Waals surface area contributed by atoms with E-state index in [0.717, 1.165) is 29.2 Å². The van der Waals surface area contributed by atoms with E-state index in [2.05, 4.69) is 56.3 Å². The van der Waals surface area contributed by atoms with Crippen LogP contribution >= 0.6 is 0 Å². The summed E-state index contributed by atoms with van der Waals surface area (Å²) in [5.41, 5.74) is 6.25. The lowest BCUT2D eigenvalue weighted by Gasteiger charge is -2.56. The summed E-state index contributed by atoms with van der Waals surface area (Å²) in [6, 6.07) is 16.9. The molecule has 2 aromatic heterocycles. The van der Waals surface area contributed by atoms with E-state index in [0.29, 0.717) is 11.3 Å². The van der Waals surface area contributed by atoms with Crippen LogP contribution in [0.15, 0.2) is 48.5 Å². The molecule has 23 heavy (non-hydrogen) atoms. The molecule has 2 nitrogen and oxygen atoms in total. The molecule has 1 fully saturated rings. The van der Waals surface area contributed by atoms with Crippen molar-refractivity contribution in [3.63, 3.8) is 0 Å². The van der Waals surface area contributed by atoms with Crippen LogP contribution in [0.3, 0.4) is 0 Å². The normalized spacial score (nSPS) is 24.1. The zero-order valence-corrected chi connectivity index (χ0v) is 13.6. The second-order valence-electron chi connectivity index (χ2n) is 7.63. The third-order valence-corrected chi connectivity index (χ3v) is 6.16. The molecule has 0 amide bonds. The Kier molecular flexibility index (Phi) is 2.54. The summed E-state index contributed by atoms with van der Waals surface area (Å²) in [5.74, 6) is 1.50. The first-order chi connectivity index (χ1) is 11.1. The maximum absolute atomic E-state index is 4.97. The first-order valence-corrected chi connectivity index (χ1v) is 8.49. The molecule has 0 aliphatic heterocycles. The van der Waals surface area contributed by atoms with E-state index < -0.39 is 0 Å². The summed E-state index contributed by atoms with van der Waals surface area (Å²) < 4.78 is 0. The van der Waals surface area contributed by atoms with Gasteiger partial charge in [0.2, 0.25) is 0 Å². The van der Waals surface area contributed by atoms with Crippen molar-refractivity contribution in [1.29, 1.82) is 0 Å². The van der Waals surface area contributed by atoms with E-state index in [1.54, 1.807) is 0 Å². The molecular formula is C21H20N2. The van der Waals surface area contributed by atoms with E-state index in [1.807, 2.05) is 6.07 Å². The Hall–Kier alpha value is -2.22. The fraction of sp³-hybridized carbons (Fsp3) is 0.333. The minimum Gasteiger partial charge on any atom is -0.251 e. The monoisotopic (exact) mass is 300 g/mol. The Bertz CT molecular complexity index is 926. The Balaban J connectivity index is 1.59. The Labute approximate surface area is 136 Å². The van der Waals surface area contributed by atoms with Crippen LogP contribution in [0.4, 0.5) is 0 Å². The molecule has 1 aromatic carbocycles. The maximum Gasteiger partial charge on any atom is 0.0894 e. The van der Waals surface area contributed by atoms with Crippen LogP contribution in [0, 0.1) is 11.3 Å². The molecule has 2 atom stereocenters. The Morgan fingerprint density at radius 2 is 1.70 bits per heavy atom. The lowest BCUT2D eigenvalue weighted by atomic mass is 9.48. The molecule has 6 rings (SSSR count). The lowest BCUT2D eigenvalue weighted by molar-refractivity contribution is 0.0170. The van der Waals surface area contributed by atoms with Crippen molar-refractivity contribution < 1.29 is 0 Å². The van der Waals surface area contributed by atoms with E-state index in [-0.39, 0.29) is 0 Å². The zero-order chi connectivity index (χ0) is 15.6. The van der Waals surface area contributed by atoms with Gasteiger partial charge in [0, 0.05) is 11.1 Å². The van der Waals surface area contributed by atoms with Crippen LogP contribution in [0.2, 0.25) is 0 Å². The van der Waals surface area contributed by atoms with E-state index >= 15 is 0 Å². The highest BCUT2D eigenvalue weighted by atomic mass is 14.8. The average molecular weight is 300 g/mol. The largest absolute Gasteiger partial charge is 0.251 e. The molecular weight excluding hydrogens is 280 g/mol. The van der Waals surface area contributed by atoms with Crippen LogP contribution in [-0.2, 0) is 6.42 Å². The number of nitrogens with zero attached hydrogens (tertiary/aromatic N) is 2. The van der Waals surface area contributed by atoms with Gasteiger partial charge in [-0.2, -0.15) is 0 Å². The van der Waals surface area contributed by atoms with Crippen LogP contribution in [0.5, 0.6) is 0 Å². The SMILES string of the molecule is CC1(C)[C@@H]2Cc3nc(-c4ccc5ccccc5n4)ccc3[C@H]1C2. The molecule has 0 N–H and O–H groups in total. The third kappa shape index (κ3) is 1.81. The van der Waals surface area contributed by atoms with Gasteiger partial charge in [0.15, 0.2) is 0 Å². The molecule has 2 heteroatoms. The second-order valence-corrected chi connectivity index (χ2v) is 7.63. The molecule has 3 aromatic rings. The third-order valence-electron chi connectivity index (χ3n) is 6.16. The van der Waals surface area contributed by atoms with Gasteiger partial charge < -0.3 is 0 Å². The van der Waals surface area contributed by atoms with Crippen molar-refractivity contribution in [2.45, 2.75) is 32.6 Å². The van der Waals surface area contributed by atoms with E-state index in [4.69, 9.17) is 9.97 Å². The summed E-state index contributed by atoms with van der Waals surface area (Å²) >= 11 is 0. The van der Waals surface area contributed by atoms with Crippen molar-refractivity contribution in [3.8, 4) is 11.4 Å². The number of rotatable bonds is 1. The number of hydrogen-bond acceptors (Lipinski definition) is 2. The van der Waals surface area contributed by atoms with Gasteiger partial charge in [0.25, 0.3) is 0 Å². The number of para-hydroxylation sites is 1. The standard InChI is InChI=1S/C21H20N2/c1-21(2)14-11-16(21)15-8-10-19(23-20(15)12-14)18-9-7-13-5-3-4-6-17(13)22-18/h3-10,14,16H,11-12H2,1-2H3/t14-,16+/m0/s1. The van der Waals surface area contributed by atoms with Crippen LogP contribution in [0.1, 0.15) is 37.4 Å². The maximum atomic E-state index is 4.97. The average Bonchev–Trinajstić information content (AvgIpc) is 2.60. The smallest absolute Gasteiger partial charge is 0.0894 e. The van der Waals surface area contributed by atoms with Crippen molar-refractivity contribution in [3.05, 3.63) is 59.8 Å². The van der Waals surface area contributed by atoms with Crippen molar-refractivity contribution >= 4 is 10.9 Å². The fourth-order valence-corrected chi connectivity index (χ4v) is 4.47. The Morgan fingerprint density at radius 1 is 0.913 bits per heavy atom. The van der Waals surface area contributed by atoms with Crippen molar-refractivity contribution in [2.24, 2.45) is 11.3 Å². The summed E-state index contributed by atoms with van der Waals surface area (Å²) in [5, 5.41) is 1.18. The minimum absolute atomic E-state index is 0.456. The summed E-state index contributed by atoms with van der Waals surface area (Å²) in [4.78, 5) is 9.76. The summed E-state index contributed by atoms with van der Waals surface area (Å²) in [7, 11) is 0. The first-order valence-electron chi connectivity index (χ1n) is 8.49. The quantitative estimate of drug-likeness (QED) is 0.633. The first kappa shape index (κ1) is 13.2. The second kappa shape index (κ2) is 4.41. The molecule has 114 valence electrons. The van der Waals surface area contributed by atoms with Crippen LogP contribution < -0.4 is 0 Å². The van der Waals surface area contributed by atoms with Gasteiger partial charge in [0.1, 0.15) is 0 Å². The van der Waals surface area contributed by atoms with Gasteiger partial charge in [-0.3, -0.25) is 4.98 Å². The predicted molar refractivity (Wildman–Crippen MR) is 93.3 cm³/mol. The highest BCUT2D eigenvalue weighted by Gasteiger charge is 2.52. The van der Waals surface area contributed by atoms with Gasteiger partial charge in [-0.05, 0) is 53.9 Å². The number of hydrogen-bond donors (Lipinski definition) is 0.